The third-order valence-electron chi connectivity index (χ3n) is 4.09. The number of nitrogens with two attached hydrogens (primary N) is 1. The summed E-state index contributed by atoms with van der Waals surface area (Å²) >= 11 is 0. The molecule has 0 aromatic heterocycles. The van der Waals surface area contributed by atoms with E-state index in [2.05, 4.69) is 42.4 Å². The molecule has 0 bridgehead atoms. The number of hydrogen-bond donors (Lipinski definition) is 2. The molecule has 1 aromatic rings. The number of benzene rings is 1. The van der Waals surface area contributed by atoms with Crippen molar-refractivity contribution in [2.24, 2.45) is 10.7 Å². The fourth-order valence-corrected chi connectivity index (χ4v) is 4.31. The third-order valence-corrected chi connectivity index (χ3v) is 6.04. The molecule has 1 aliphatic rings. The molecule has 1 saturated heterocycles. The van der Waals surface area contributed by atoms with Gasteiger partial charge in [0, 0.05) is 18.8 Å². The fourth-order valence-electron chi connectivity index (χ4n) is 2.80. The molecule has 1 heterocycles. The van der Waals surface area contributed by atoms with Crippen molar-refractivity contribution >= 4 is 21.7 Å². The maximum Gasteiger partial charge on any atom is 0.214 e. The summed E-state index contributed by atoms with van der Waals surface area (Å²) in [6, 6.07) is 6.20. The fraction of sp³-hybridized carbons (Fsp3) is 0.562. The van der Waals surface area contributed by atoms with Gasteiger partial charge in [-0.3, -0.25) is 4.99 Å². The number of aliphatic imine (C=N–C) groups is 1. The Balaban J connectivity index is 2.00. The average molecular weight is 338 g/mol. The summed E-state index contributed by atoms with van der Waals surface area (Å²) in [5.41, 5.74) is 9.39. The highest BCUT2D eigenvalue weighted by Crippen LogP contribution is 2.22. The summed E-state index contributed by atoms with van der Waals surface area (Å²) < 4.78 is 24.9. The number of aryl methyl sites for hydroxylation is 2. The Morgan fingerprint density at radius 1 is 1.30 bits per heavy atom. The summed E-state index contributed by atoms with van der Waals surface area (Å²) in [6.45, 7) is 5.55. The standard InChI is InChI=1S/C16H26N4O2S/c1-3-13-7-5-8-14(4-2)15(13)19-16(17)18-9-11-20-10-6-12-23(20,21)22/h5,7-8H,3-4,6,9-12H2,1-2H3,(H3,17,18,19). The Hall–Kier alpha value is -1.60. The van der Waals surface area contributed by atoms with Crippen LogP contribution in [0.2, 0.25) is 0 Å². The number of nitrogens with zero attached hydrogens (tertiary/aromatic N) is 2. The molecular weight excluding hydrogens is 312 g/mol. The zero-order valence-electron chi connectivity index (χ0n) is 13.9. The van der Waals surface area contributed by atoms with Crippen LogP contribution in [0, 0.1) is 0 Å². The molecule has 0 spiro atoms. The van der Waals surface area contributed by atoms with E-state index in [1.54, 1.807) is 0 Å². The van der Waals surface area contributed by atoms with Gasteiger partial charge in [0.15, 0.2) is 5.96 Å². The summed E-state index contributed by atoms with van der Waals surface area (Å²) in [5.74, 6) is 0.575. The van der Waals surface area contributed by atoms with Crippen LogP contribution in [0.25, 0.3) is 0 Å². The molecular formula is C16H26N4O2S. The lowest BCUT2D eigenvalue weighted by atomic mass is 10.0. The van der Waals surface area contributed by atoms with E-state index < -0.39 is 10.0 Å². The lowest BCUT2D eigenvalue weighted by Gasteiger charge is -2.15. The molecule has 3 N–H and O–H groups in total. The molecule has 0 unspecified atom stereocenters. The number of anilines is 1. The molecule has 128 valence electrons. The Kier molecular flexibility index (Phi) is 6.01. The minimum Gasteiger partial charge on any atom is -0.370 e. The average Bonchev–Trinajstić information content (AvgIpc) is 2.86. The van der Waals surface area contributed by atoms with E-state index in [9.17, 15) is 8.42 Å². The van der Waals surface area contributed by atoms with Crippen molar-refractivity contribution < 1.29 is 8.42 Å². The zero-order chi connectivity index (χ0) is 16.9. The normalized spacial score (nSPS) is 18.3. The molecule has 0 aliphatic carbocycles. The van der Waals surface area contributed by atoms with Crippen LogP contribution in [0.5, 0.6) is 0 Å². The highest BCUT2D eigenvalue weighted by molar-refractivity contribution is 7.89. The van der Waals surface area contributed by atoms with Gasteiger partial charge in [0.2, 0.25) is 10.0 Å². The second kappa shape index (κ2) is 7.79. The zero-order valence-corrected chi connectivity index (χ0v) is 14.7. The molecule has 0 amide bonds. The molecule has 0 saturated carbocycles. The summed E-state index contributed by atoms with van der Waals surface area (Å²) in [4.78, 5) is 4.28. The Morgan fingerprint density at radius 3 is 2.48 bits per heavy atom. The molecule has 0 radical (unpaired) electrons. The van der Waals surface area contributed by atoms with Crippen molar-refractivity contribution in [1.29, 1.82) is 0 Å². The minimum absolute atomic E-state index is 0.244. The van der Waals surface area contributed by atoms with Gasteiger partial charge < -0.3 is 11.1 Å². The van der Waals surface area contributed by atoms with Crippen molar-refractivity contribution in [1.82, 2.24) is 4.31 Å². The topological polar surface area (TPSA) is 87.8 Å². The van der Waals surface area contributed by atoms with Gasteiger partial charge in [-0.2, -0.15) is 0 Å². The number of guanidine groups is 1. The molecule has 0 atom stereocenters. The SMILES string of the molecule is CCc1cccc(CC)c1NC(N)=NCCN1CCCS1(=O)=O. The van der Waals surface area contributed by atoms with Crippen LogP contribution in [0.3, 0.4) is 0 Å². The van der Waals surface area contributed by atoms with E-state index in [4.69, 9.17) is 5.73 Å². The highest BCUT2D eigenvalue weighted by Gasteiger charge is 2.27. The third kappa shape index (κ3) is 4.45. The van der Waals surface area contributed by atoms with Crippen LogP contribution in [0.1, 0.15) is 31.4 Å². The molecule has 1 aromatic carbocycles. The van der Waals surface area contributed by atoms with E-state index in [0.29, 0.717) is 32.0 Å². The van der Waals surface area contributed by atoms with E-state index >= 15 is 0 Å². The van der Waals surface area contributed by atoms with Gasteiger partial charge >= 0.3 is 0 Å². The lowest BCUT2D eigenvalue weighted by molar-refractivity contribution is 0.452. The Morgan fingerprint density at radius 2 is 1.96 bits per heavy atom. The van der Waals surface area contributed by atoms with Crippen molar-refractivity contribution in [2.75, 3.05) is 30.7 Å². The van der Waals surface area contributed by atoms with Crippen molar-refractivity contribution in [3.05, 3.63) is 29.3 Å². The van der Waals surface area contributed by atoms with Crippen LogP contribution in [-0.2, 0) is 22.9 Å². The van der Waals surface area contributed by atoms with Crippen LogP contribution >= 0.6 is 0 Å². The number of nitrogens with one attached hydrogen (secondary N) is 1. The van der Waals surface area contributed by atoms with E-state index in [-0.39, 0.29) is 5.75 Å². The smallest absolute Gasteiger partial charge is 0.214 e. The quantitative estimate of drug-likeness (QED) is 0.609. The van der Waals surface area contributed by atoms with Crippen molar-refractivity contribution in [2.45, 2.75) is 33.1 Å². The van der Waals surface area contributed by atoms with Crippen molar-refractivity contribution in [3.8, 4) is 0 Å². The van der Waals surface area contributed by atoms with Gasteiger partial charge in [0.05, 0.1) is 12.3 Å². The van der Waals surface area contributed by atoms with Gasteiger partial charge in [-0.1, -0.05) is 32.0 Å². The summed E-state index contributed by atoms with van der Waals surface area (Å²) in [6.07, 6.45) is 2.52. The molecule has 1 aliphatic heterocycles. The molecule has 23 heavy (non-hydrogen) atoms. The number of rotatable bonds is 6. The van der Waals surface area contributed by atoms with E-state index in [1.165, 1.54) is 15.4 Å². The molecule has 7 heteroatoms. The Labute approximate surface area is 138 Å². The van der Waals surface area contributed by atoms with Crippen LogP contribution < -0.4 is 11.1 Å². The van der Waals surface area contributed by atoms with E-state index in [0.717, 1.165) is 18.5 Å². The van der Waals surface area contributed by atoms with E-state index in [1.807, 2.05) is 0 Å². The second-order valence-electron chi connectivity index (χ2n) is 5.62. The van der Waals surface area contributed by atoms with Gasteiger partial charge in [-0.25, -0.2) is 12.7 Å². The lowest BCUT2D eigenvalue weighted by Crippen LogP contribution is -2.30. The monoisotopic (exact) mass is 338 g/mol. The number of hydrogen-bond acceptors (Lipinski definition) is 3. The number of para-hydroxylation sites is 1. The first-order valence-corrected chi connectivity index (χ1v) is 9.74. The largest absolute Gasteiger partial charge is 0.370 e. The van der Waals surface area contributed by atoms with Gasteiger partial charge in [0.25, 0.3) is 0 Å². The number of sulfonamides is 1. The van der Waals surface area contributed by atoms with Crippen LogP contribution in [0.15, 0.2) is 23.2 Å². The maximum atomic E-state index is 11.7. The minimum atomic E-state index is -3.06. The first-order valence-electron chi connectivity index (χ1n) is 8.13. The predicted molar refractivity (Wildman–Crippen MR) is 95.3 cm³/mol. The summed E-state index contributed by atoms with van der Waals surface area (Å²) in [7, 11) is -3.06. The highest BCUT2D eigenvalue weighted by atomic mass is 32.2. The Bertz CT molecular complexity index is 648. The van der Waals surface area contributed by atoms with Crippen LogP contribution in [-0.4, -0.2) is 44.1 Å². The van der Waals surface area contributed by atoms with Crippen molar-refractivity contribution in [3.63, 3.8) is 0 Å². The predicted octanol–water partition coefficient (Wildman–Crippen LogP) is 1.57. The first kappa shape index (κ1) is 17.7. The van der Waals surface area contributed by atoms with Gasteiger partial charge in [-0.05, 0) is 30.4 Å². The molecule has 2 rings (SSSR count). The van der Waals surface area contributed by atoms with Gasteiger partial charge in [0.1, 0.15) is 0 Å². The second-order valence-corrected chi connectivity index (χ2v) is 7.71. The first-order chi connectivity index (χ1) is 11.0. The molecule has 1 fully saturated rings. The van der Waals surface area contributed by atoms with Crippen LogP contribution in [0.4, 0.5) is 5.69 Å². The summed E-state index contributed by atoms with van der Waals surface area (Å²) in [5, 5.41) is 3.19. The van der Waals surface area contributed by atoms with Gasteiger partial charge in [-0.15, -0.1) is 0 Å². The molecule has 6 nitrogen and oxygen atoms in total. The maximum absolute atomic E-state index is 11.7.